The van der Waals surface area contributed by atoms with E-state index in [9.17, 15) is 14.4 Å². The molecule has 1 N–H and O–H groups in total. The molecule has 0 spiro atoms. The smallest absolute Gasteiger partial charge is 0.331 e. The van der Waals surface area contributed by atoms with Crippen LogP contribution in [0.4, 0.5) is 0 Å². The van der Waals surface area contributed by atoms with Gasteiger partial charge in [-0.05, 0) is 37.2 Å². The third kappa shape index (κ3) is 8.42. The van der Waals surface area contributed by atoms with Gasteiger partial charge in [-0.1, -0.05) is 57.0 Å². The lowest BCUT2D eigenvalue weighted by atomic mass is 9.80. The summed E-state index contributed by atoms with van der Waals surface area (Å²) in [5, 5.41) is 2.70. The van der Waals surface area contributed by atoms with Crippen molar-refractivity contribution in [2.75, 3.05) is 27.1 Å². The number of pyridine rings is 1. The number of hydrogen-bond acceptors (Lipinski definition) is 9. The Morgan fingerprint density at radius 2 is 1.88 bits per heavy atom. The van der Waals surface area contributed by atoms with E-state index in [1.165, 1.54) is 37.8 Å². The molecule has 2 aliphatic rings. The molecule has 1 amide bonds. The molecule has 2 heterocycles. The predicted molar refractivity (Wildman–Crippen MR) is 149 cm³/mol. The van der Waals surface area contributed by atoms with Crippen molar-refractivity contribution in [3.63, 3.8) is 0 Å². The van der Waals surface area contributed by atoms with Crippen LogP contribution in [0.2, 0.25) is 0 Å². The molecule has 222 valence electrons. The van der Waals surface area contributed by atoms with Crippen LogP contribution in [-0.4, -0.2) is 62.1 Å². The second-order valence-electron chi connectivity index (χ2n) is 11.1. The Morgan fingerprint density at radius 1 is 1.12 bits per heavy atom. The van der Waals surface area contributed by atoms with E-state index in [0.29, 0.717) is 12.5 Å². The first-order chi connectivity index (χ1) is 19.8. The minimum atomic E-state index is -1.05. The lowest BCUT2D eigenvalue weighted by molar-refractivity contribution is -0.155. The number of nitrogens with zero attached hydrogens (tertiary/aromatic N) is 1. The minimum absolute atomic E-state index is 0.0119. The largest absolute Gasteiger partial charge is 0.493 e. The molecule has 41 heavy (non-hydrogen) atoms. The molecule has 1 aromatic carbocycles. The lowest BCUT2D eigenvalue weighted by Gasteiger charge is -2.31. The first-order valence-electron chi connectivity index (χ1n) is 14.2. The van der Waals surface area contributed by atoms with Crippen LogP contribution in [0.25, 0.3) is 0 Å². The van der Waals surface area contributed by atoms with E-state index in [-0.39, 0.29) is 47.7 Å². The third-order valence-electron chi connectivity index (χ3n) is 7.54. The molecule has 2 fully saturated rings. The summed E-state index contributed by atoms with van der Waals surface area (Å²) in [5.41, 5.74) is 1.06. The maximum absolute atomic E-state index is 13.4. The van der Waals surface area contributed by atoms with E-state index < -0.39 is 30.7 Å². The Kier molecular flexibility index (Phi) is 10.6. The SMILES string of the molecule is COc1ccnc(C(=O)N[C@H]2COC[C@H](CC3CC3)[C@@H](Cc3ccccc3)[C@H](C)OC2=O)c1OCOC(=O)C(C)C. The van der Waals surface area contributed by atoms with Crippen LogP contribution in [0.1, 0.15) is 56.1 Å². The maximum Gasteiger partial charge on any atom is 0.331 e. The van der Waals surface area contributed by atoms with Crippen molar-refractivity contribution in [1.29, 1.82) is 0 Å². The van der Waals surface area contributed by atoms with Gasteiger partial charge in [0.1, 0.15) is 6.10 Å². The van der Waals surface area contributed by atoms with Gasteiger partial charge in [0.2, 0.25) is 6.79 Å². The molecular weight excluding hydrogens is 528 g/mol. The van der Waals surface area contributed by atoms with E-state index in [0.717, 1.165) is 12.8 Å². The zero-order valence-electron chi connectivity index (χ0n) is 24.2. The zero-order chi connectivity index (χ0) is 29.4. The highest BCUT2D eigenvalue weighted by atomic mass is 16.7. The van der Waals surface area contributed by atoms with Gasteiger partial charge in [0.25, 0.3) is 5.91 Å². The van der Waals surface area contributed by atoms with Crippen LogP contribution in [0.5, 0.6) is 11.5 Å². The molecule has 0 radical (unpaired) electrons. The number of benzene rings is 1. The average Bonchev–Trinajstić information content (AvgIpc) is 3.78. The number of carbonyl (C=O) groups excluding carboxylic acids is 3. The summed E-state index contributed by atoms with van der Waals surface area (Å²) in [7, 11) is 1.42. The standard InChI is InChI=1S/C31H40N2O8/c1-19(2)30(35)40-18-39-28-26(37-4)12-13-32-27(28)29(34)33-25-17-38-16-23(14-22-10-11-22)24(20(3)41-31(25)36)15-21-8-6-5-7-9-21/h5-9,12-13,19-20,22-25H,10-11,14-18H2,1-4H3,(H,33,34)/t20-,23-,24-,25-/m0/s1. The highest BCUT2D eigenvalue weighted by Crippen LogP contribution is 2.40. The number of hydrogen-bond donors (Lipinski definition) is 1. The van der Waals surface area contributed by atoms with Gasteiger partial charge >= 0.3 is 11.9 Å². The van der Waals surface area contributed by atoms with E-state index in [2.05, 4.69) is 22.4 Å². The number of rotatable bonds is 11. The van der Waals surface area contributed by atoms with Crippen LogP contribution in [0.3, 0.4) is 0 Å². The fraction of sp³-hybridized carbons (Fsp3) is 0.548. The Bertz CT molecular complexity index is 1180. The Hall–Kier alpha value is -3.66. The summed E-state index contributed by atoms with van der Waals surface area (Å²) < 4.78 is 28.0. The second-order valence-corrected chi connectivity index (χ2v) is 11.1. The Morgan fingerprint density at radius 3 is 2.56 bits per heavy atom. The van der Waals surface area contributed by atoms with Gasteiger partial charge in [0.15, 0.2) is 23.2 Å². The minimum Gasteiger partial charge on any atom is -0.493 e. The van der Waals surface area contributed by atoms with Crippen molar-refractivity contribution >= 4 is 17.8 Å². The van der Waals surface area contributed by atoms with Crippen molar-refractivity contribution < 1.29 is 38.1 Å². The number of aromatic nitrogens is 1. The Labute approximate surface area is 241 Å². The second kappa shape index (κ2) is 14.3. The van der Waals surface area contributed by atoms with Gasteiger partial charge in [-0.15, -0.1) is 0 Å². The van der Waals surface area contributed by atoms with Crippen molar-refractivity contribution in [3.05, 3.63) is 53.9 Å². The van der Waals surface area contributed by atoms with E-state index in [1.54, 1.807) is 13.8 Å². The molecule has 1 aliphatic carbocycles. The van der Waals surface area contributed by atoms with E-state index in [1.807, 2.05) is 25.1 Å². The normalized spacial score (nSPS) is 23.0. The fourth-order valence-corrected chi connectivity index (χ4v) is 5.04. The molecule has 4 atom stereocenters. The first-order valence-corrected chi connectivity index (χ1v) is 14.2. The number of amides is 1. The quantitative estimate of drug-likeness (QED) is 0.317. The molecule has 1 aromatic heterocycles. The summed E-state index contributed by atoms with van der Waals surface area (Å²) in [5.74, 6) is -0.873. The van der Waals surface area contributed by atoms with Gasteiger partial charge in [0, 0.05) is 24.8 Å². The molecule has 10 nitrogen and oxygen atoms in total. The molecule has 1 saturated heterocycles. The molecule has 4 rings (SSSR count). The molecule has 0 bridgehead atoms. The lowest BCUT2D eigenvalue weighted by Crippen LogP contribution is -2.46. The van der Waals surface area contributed by atoms with Gasteiger partial charge in [0.05, 0.1) is 19.6 Å². The van der Waals surface area contributed by atoms with Crippen molar-refractivity contribution in [3.8, 4) is 11.5 Å². The average molecular weight is 569 g/mol. The third-order valence-corrected chi connectivity index (χ3v) is 7.54. The van der Waals surface area contributed by atoms with Gasteiger partial charge in [-0.3, -0.25) is 9.59 Å². The Balaban J connectivity index is 1.48. The van der Waals surface area contributed by atoms with Crippen LogP contribution in [-0.2, 0) is 30.2 Å². The molecule has 1 saturated carbocycles. The molecule has 10 heteroatoms. The highest BCUT2D eigenvalue weighted by molar-refractivity contribution is 5.98. The molecule has 1 aliphatic heterocycles. The number of nitrogens with one attached hydrogen (secondary N) is 1. The van der Waals surface area contributed by atoms with E-state index >= 15 is 0 Å². The number of ether oxygens (including phenoxy) is 5. The predicted octanol–water partition coefficient (Wildman–Crippen LogP) is 3.96. The van der Waals surface area contributed by atoms with E-state index in [4.69, 9.17) is 23.7 Å². The van der Waals surface area contributed by atoms with Gasteiger partial charge < -0.3 is 29.0 Å². The number of cyclic esters (lactones) is 1. The van der Waals surface area contributed by atoms with Gasteiger partial charge in [-0.25, -0.2) is 9.78 Å². The van der Waals surface area contributed by atoms with Crippen molar-refractivity contribution in [2.24, 2.45) is 23.7 Å². The van der Waals surface area contributed by atoms with Crippen LogP contribution in [0.15, 0.2) is 42.6 Å². The summed E-state index contributed by atoms with van der Waals surface area (Å²) in [6.07, 6.45) is 5.23. The number of carbonyl (C=O) groups is 3. The summed E-state index contributed by atoms with van der Waals surface area (Å²) in [6, 6.07) is 10.6. The molecular formula is C31H40N2O8. The number of esters is 2. The molecule has 0 unspecified atom stereocenters. The molecule has 2 aromatic rings. The number of methoxy groups -OCH3 is 1. The van der Waals surface area contributed by atoms with Crippen LogP contribution >= 0.6 is 0 Å². The summed E-state index contributed by atoms with van der Waals surface area (Å²) in [6.45, 7) is 5.31. The summed E-state index contributed by atoms with van der Waals surface area (Å²) >= 11 is 0. The topological polar surface area (TPSA) is 122 Å². The summed E-state index contributed by atoms with van der Waals surface area (Å²) in [4.78, 5) is 42.6. The maximum atomic E-state index is 13.4. The van der Waals surface area contributed by atoms with Crippen molar-refractivity contribution in [1.82, 2.24) is 10.3 Å². The first kappa shape index (κ1) is 30.3. The zero-order valence-corrected chi connectivity index (χ0v) is 24.2. The monoisotopic (exact) mass is 568 g/mol. The fourth-order valence-electron chi connectivity index (χ4n) is 5.04. The van der Waals surface area contributed by atoms with Crippen LogP contribution in [0, 0.1) is 23.7 Å². The van der Waals surface area contributed by atoms with Crippen LogP contribution < -0.4 is 14.8 Å². The highest BCUT2D eigenvalue weighted by Gasteiger charge is 2.38. The van der Waals surface area contributed by atoms with Gasteiger partial charge in [-0.2, -0.15) is 0 Å². The van der Waals surface area contributed by atoms with Crippen molar-refractivity contribution in [2.45, 2.75) is 58.6 Å².